The van der Waals surface area contributed by atoms with E-state index >= 15 is 0 Å². The lowest BCUT2D eigenvalue weighted by Gasteiger charge is -2.19. The molecule has 2 aromatic carbocycles. The predicted molar refractivity (Wildman–Crippen MR) is 118 cm³/mol. The minimum Gasteiger partial charge on any atom is -0.493 e. The molecule has 0 aliphatic carbocycles. The summed E-state index contributed by atoms with van der Waals surface area (Å²) >= 11 is 1.56. The summed E-state index contributed by atoms with van der Waals surface area (Å²) in [6, 6.07) is 15.1. The van der Waals surface area contributed by atoms with Gasteiger partial charge in [-0.1, -0.05) is 24.3 Å². The fraction of sp³-hybridized carbons (Fsp3) is 0.409. The minimum absolute atomic E-state index is 0.0884. The van der Waals surface area contributed by atoms with Crippen molar-refractivity contribution in [3.05, 3.63) is 54.1 Å². The Morgan fingerprint density at radius 3 is 2.60 bits per heavy atom. The smallest absolute Gasteiger partial charge is 0.407 e. The third-order valence-electron chi connectivity index (χ3n) is 4.32. The molecule has 8 heteroatoms. The van der Waals surface area contributed by atoms with Crippen LogP contribution in [0.3, 0.4) is 0 Å². The number of carbonyl (C=O) groups excluding carboxylic acids is 1. The molecule has 1 aliphatic rings. The van der Waals surface area contributed by atoms with E-state index < -0.39 is 21.5 Å². The highest BCUT2D eigenvalue weighted by Crippen LogP contribution is 2.45. The highest BCUT2D eigenvalue weighted by atomic mass is 32.2. The minimum atomic E-state index is -3.34. The molecule has 0 saturated carbocycles. The van der Waals surface area contributed by atoms with Crippen LogP contribution in [0.4, 0.5) is 4.79 Å². The van der Waals surface area contributed by atoms with E-state index in [9.17, 15) is 13.2 Å². The van der Waals surface area contributed by atoms with E-state index in [4.69, 9.17) is 9.47 Å². The molecule has 0 saturated heterocycles. The summed E-state index contributed by atoms with van der Waals surface area (Å²) in [4.78, 5) is 13.0. The Bertz CT molecular complexity index is 984. The predicted octanol–water partition coefficient (Wildman–Crippen LogP) is 4.60. The topological polar surface area (TPSA) is 81.7 Å². The van der Waals surface area contributed by atoms with Crippen molar-refractivity contribution >= 4 is 27.7 Å². The van der Waals surface area contributed by atoms with Gasteiger partial charge in [0.15, 0.2) is 9.84 Å². The maximum Gasteiger partial charge on any atom is 0.407 e. The van der Waals surface area contributed by atoms with E-state index in [2.05, 4.69) is 5.32 Å². The molecule has 1 atom stereocenters. The molecule has 1 aliphatic heterocycles. The number of sulfone groups is 1. The largest absolute Gasteiger partial charge is 0.493 e. The first-order chi connectivity index (χ1) is 14.1. The Hall–Kier alpha value is -2.19. The lowest BCUT2D eigenvalue weighted by molar-refractivity contribution is 0.0525. The number of nitrogens with one attached hydrogen (secondary N) is 1. The molecular weight excluding hydrogens is 422 g/mol. The standard InChI is InChI=1S/C22H27NO5S2/c1-22(2,3)28-21(24)23-12-7-13-27-16-10-11-18-19(15-30(25,26)20(18)14-16)29-17-8-5-4-6-9-17/h4-6,8-11,14,19H,7,12-13,15H2,1-3H3,(H,23,24). The SMILES string of the molecule is CC(C)(C)OC(=O)NCCCOc1ccc2c(c1)S(=O)(=O)CC2Sc1ccccc1. The van der Waals surface area contributed by atoms with Crippen LogP contribution in [-0.4, -0.2) is 39.0 Å². The van der Waals surface area contributed by atoms with Crippen LogP contribution in [-0.2, 0) is 14.6 Å². The van der Waals surface area contributed by atoms with Crippen molar-refractivity contribution in [1.82, 2.24) is 5.32 Å². The maximum atomic E-state index is 12.6. The van der Waals surface area contributed by atoms with Gasteiger partial charge in [-0.3, -0.25) is 0 Å². The summed E-state index contributed by atoms with van der Waals surface area (Å²) in [5.74, 6) is 0.602. The zero-order chi connectivity index (χ0) is 21.8. The van der Waals surface area contributed by atoms with Gasteiger partial charge in [0.05, 0.1) is 22.5 Å². The van der Waals surface area contributed by atoms with Crippen molar-refractivity contribution in [3.8, 4) is 5.75 Å². The Morgan fingerprint density at radius 2 is 1.90 bits per heavy atom. The first-order valence-corrected chi connectivity index (χ1v) is 12.4. The van der Waals surface area contributed by atoms with E-state index in [1.807, 2.05) is 36.4 Å². The van der Waals surface area contributed by atoms with Gasteiger partial charge in [-0.05, 0) is 57.0 Å². The molecule has 0 spiro atoms. The zero-order valence-electron chi connectivity index (χ0n) is 17.4. The number of carbonyl (C=O) groups is 1. The second kappa shape index (κ2) is 9.31. The Balaban J connectivity index is 1.55. The summed E-state index contributed by atoms with van der Waals surface area (Å²) in [7, 11) is -3.34. The van der Waals surface area contributed by atoms with Crippen molar-refractivity contribution in [1.29, 1.82) is 0 Å². The Kier molecular flexibility index (Phi) is 6.98. The first-order valence-electron chi connectivity index (χ1n) is 9.82. The highest BCUT2D eigenvalue weighted by molar-refractivity contribution is 8.01. The molecule has 1 unspecified atom stereocenters. The van der Waals surface area contributed by atoms with Crippen LogP contribution in [0.1, 0.15) is 38.0 Å². The molecule has 2 aromatic rings. The number of rotatable bonds is 7. The normalized spacial score (nSPS) is 17.2. The molecule has 0 aromatic heterocycles. The number of ether oxygens (including phenoxy) is 2. The van der Waals surface area contributed by atoms with Gasteiger partial charge in [-0.25, -0.2) is 13.2 Å². The molecule has 1 N–H and O–H groups in total. The lowest BCUT2D eigenvalue weighted by atomic mass is 10.1. The van der Waals surface area contributed by atoms with Gasteiger partial charge in [-0.15, -0.1) is 11.8 Å². The quantitative estimate of drug-likeness (QED) is 0.622. The van der Waals surface area contributed by atoms with Crippen LogP contribution < -0.4 is 10.1 Å². The van der Waals surface area contributed by atoms with Crippen molar-refractivity contribution in [2.75, 3.05) is 18.9 Å². The van der Waals surface area contributed by atoms with Crippen molar-refractivity contribution in [2.24, 2.45) is 0 Å². The van der Waals surface area contributed by atoms with E-state index in [0.29, 0.717) is 30.2 Å². The zero-order valence-corrected chi connectivity index (χ0v) is 19.0. The average molecular weight is 450 g/mol. The molecule has 0 fully saturated rings. The van der Waals surface area contributed by atoms with Crippen LogP contribution in [0, 0.1) is 0 Å². The summed E-state index contributed by atoms with van der Waals surface area (Å²) in [5, 5.41) is 2.54. The van der Waals surface area contributed by atoms with Gasteiger partial charge < -0.3 is 14.8 Å². The second-order valence-electron chi connectivity index (χ2n) is 8.03. The number of benzene rings is 2. The fourth-order valence-electron chi connectivity index (χ4n) is 3.05. The average Bonchev–Trinajstić information content (AvgIpc) is 2.90. The molecule has 0 bridgehead atoms. The molecule has 3 rings (SSSR count). The third kappa shape index (κ3) is 6.15. The molecule has 1 heterocycles. The maximum absolute atomic E-state index is 12.6. The van der Waals surface area contributed by atoms with Gasteiger partial charge in [-0.2, -0.15) is 0 Å². The van der Waals surface area contributed by atoms with Crippen molar-refractivity contribution in [2.45, 2.75) is 47.8 Å². The summed E-state index contributed by atoms with van der Waals surface area (Å²) < 4.78 is 36.1. The van der Waals surface area contributed by atoms with Crippen LogP contribution in [0.25, 0.3) is 0 Å². The third-order valence-corrected chi connectivity index (χ3v) is 7.57. The second-order valence-corrected chi connectivity index (χ2v) is 11.3. The molecule has 1 amide bonds. The van der Waals surface area contributed by atoms with Gasteiger partial charge in [0.25, 0.3) is 0 Å². The molecule has 162 valence electrons. The van der Waals surface area contributed by atoms with Gasteiger partial charge in [0.2, 0.25) is 0 Å². The summed E-state index contributed by atoms with van der Waals surface area (Å²) in [6.07, 6.45) is 0.114. The number of amides is 1. The van der Waals surface area contributed by atoms with Crippen LogP contribution in [0.5, 0.6) is 5.75 Å². The number of alkyl carbamates (subject to hydrolysis) is 1. The molecule has 0 radical (unpaired) electrons. The van der Waals surface area contributed by atoms with Gasteiger partial charge in [0, 0.05) is 11.4 Å². The van der Waals surface area contributed by atoms with Gasteiger partial charge >= 0.3 is 6.09 Å². The molecule has 30 heavy (non-hydrogen) atoms. The van der Waals surface area contributed by atoms with Gasteiger partial charge in [0.1, 0.15) is 11.4 Å². The Morgan fingerprint density at radius 1 is 1.17 bits per heavy atom. The fourth-order valence-corrected chi connectivity index (χ4v) is 6.53. The number of fused-ring (bicyclic) bond motifs is 1. The van der Waals surface area contributed by atoms with Crippen LogP contribution in [0.15, 0.2) is 58.3 Å². The van der Waals surface area contributed by atoms with Crippen molar-refractivity contribution < 1.29 is 22.7 Å². The van der Waals surface area contributed by atoms with E-state index in [-0.39, 0.29) is 11.0 Å². The highest BCUT2D eigenvalue weighted by Gasteiger charge is 2.35. The number of thioether (sulfide) groups is 1. The van der Waals surface area contributed by atoms with Crippen LogP contribution in [0.2, 0.25) is 0 Å². The number of hydrogen-bond acceptors (Lipinski definition) is 6. The monoisotopic (exact) mass is 449 g/mol. The van der Waals surface area contributed by atoms with E-state index in [1.165, 1.54) is 0 Å². The summed E-state index contributed by atoms with van der Waals surface area (Å²) in [5.41, 5.74) is 0.287. The summed E-state index contributed by atoms with van der Waals surface area (Å²) in [6.45, 7) is 6.19. The number of hydrogen-bond donors (Lipinski definition) is 1. The van der Waals surface area contributed by atoms with Crippen molar-refractivity contribution in [3.63, 3.8) is 0 Å². The molecular formula is C22H27NO5S2. The Labute approximate surface area is 182 Å². The lowest BCUT2D eigenvalue weighted by Crippen LogP contribution is -2.33. The van der Waals surface area contributed by atoms with E-state index in [1.54, 1.807) is 44.7 Å². The van der Waals surface area contributed by atoms with Crippen LogP contribution >= 0.6 is 11.8 Å². The molecule has 6 nitrogen and oxygen atoms in total. The van der Waals surface area contributed by atoms with E-state index in [0.717, 1.165) is 10.5 Å². The first kappa shape index (κ1) is 22.5.